The summed E-state index contributed by atoms with van der Waals surface area (Å²) in [5.41, 5.74) is 9.43. The van der Waals surface area contributed by atoms with Crippen LogP contribution in [0.5, 0.6) is 0 Å². The Morgan fingerprint density at radius 2 is 1.20 bits per heavy atom. The number of hydrazine groups is 2. The maximum absolute atomic E-state index is 3.43. The summed E-state index contributed by atoms with van der Waals surface area (Å²) in [5, 5.41) is 2.08. The van der Waals surface area contributed by atoms with Crippen molar-refractivity contribution < 1.29 is 0 Å². The fourth-order valence-corrected chi connectivity index (χ4v) is 2.00. The summed E-state index contributed by atoms with van der Waals surface area (Å²) in [5.74, 6) is 0. The van der Waals surface area contributed by atoms with Crippen molar-refractivity contribution in [2.45, 2.75) is 26.4 Å². The van der Waals surface area contributed by atoms with E-state index in [4.69, 9.17) is 0 Å². The van der Waals surface area contributed by atoms with Crippen LogP contribution >= 0.6 is 0 Å². The van der Waals surface area contributed by atoms with E-state index in [1.165, 1.54) is 11.1 Å². The van der Waals surface area contributed by atoms with E-state index < -0.39 is 0 Å². The lowest BCUT2D eigenvalue weighted by atomic mass is 10.2. The molecule has 3 nitrogen and oxygen atoms in total. The first-order valence-electron chi connectivity index (χ1n) is 7.21. The third-order valence-electron chi connectivity index (χ3n) is 3.08. The zero-order valence-electron chi connectivity index (χ0n) is 12.0. The molecule has 20 heavy (non-hydrogen) atoms. The van der Waals surface area contributed by atoms with Crippen molar-refractivity contribution in [2.75, 3.05) is 6.54 Å². The van der Waals surface area contributed by atoms with Gasteiger partial charge in [-0.15, -0.1) is 0 Å². The second kappa shape index (κ2) is 8.48. The first-order chi connectivity index (χ1) is 9.88. The Morgan fingerprint density at radius 1 is 0.750 bits per heavy atom. The Labute approximate surface area is 121 Å². The molecule has 0 aromatic heterocycles. The van der Waals surface area contributed by atoms with Gasteiger partial charge in [0.25, 0.3) is 0 Å². The molecular formula is C17H23N3. The molecule has 0 aliphatic heterocycles. The van der Waals surface area contributed by atoms with Crippen LogP contribution in [-0.4, -0.2) is 11.7 Å². The third kappa shape index (κ3) is 5.13. The lowest BCUT2D eigenvalue weighted by Gasteiger charge is -2.24. The molecule has 0 saturated carbocycles. The highest BCUT2D eigenvalue weighted by Crippen LogP contribution is 2.00. The monoisotopic (exact) mass is 269 g/mol. The van der Waals surface area contributed by atoms with Crippen molar-refractivity contribution in [1.82, 2.24) is 16.0 Å². The van der Waals surface area contributed by atoms with E-state index in [0.717, 1.165) is 26.1 Å². The second-order valence-corrected chi connectivity index (χ2v) is 4.79. The number of rotatable bonds is 8. The van der Waals surface area contributed by atoms with Crippen molar-refractivity contribution in [3.63, 3.8) is 0 Å². The minimum Gasteiger partial charge on any atom is -0.237 e. The predicted octanol–water partition coefficient (Wildman–Crippen LogP) is 3.11. The van der Waals surface area contributed by atoms with Gasteiger partial charge < -0.3 is 0 Å². The van der Waals surface area contributed by atoms with E-state index in [-0.39, 0.29) is 0 Å². The van der Waals surface area contributed by atoms with E-state index in [1.54, 1.807) is 0 Å². The molecule has 0 spiro atoms. The summed E-state index contributed by atoms with van der Waals surface area (Å²) in [6.07, 6.45) is 1.10. The third-order valence-corrected chi connectivity index (χ3v) is 3.08. The fraction of sp³-hybridized carbons (Fsp3) is 0.294. The number of nitrogens with one attached hydrogen (secondary N) is 2. The van der Waals surface area contributed by atoms with Crippen LogP contribution < -0.4 is 10.9 Å². The molecular weight excluding hydrogens is 246 g/mol. The van der Waals surface area contributed by atoms with Gasteiger partial charge >= 0.3 is 0 Å². The van der Waals surface area contributed by atoms with E-state index in [0.29, 0.717) is 0 Å². The molecule has 0 aliphatic carbocycles. The SMILES string of the molecule is CCCN(NCc1ccccc1)NCc1ccccc1. The molecule has 0 heterocycles. The van der Waals surface area contributed by atoms with Crippen LogP contribution in [0.4, 0.5) is 0 Å². The number of nitrogens with zero attached hydrogens (tertiary/aromatic N) is 1. The van der Waals surface area contributed by atoms with Crippen LogP contribution in [0.2, 0.25) is 0 Å². The lowest BCUT2D eigenvalue weighted by molar-refractivity contribution is 0.106. The predicted molar refractivity (Wildman–Crippen MR) is 83.6 cm³/mol. The Kier molecular flexibility index (Phi) is 6.24. The summed E-state index contributed by atoms with van der Waals surface area (Å²) in [7, 11) is 0. The van der Waals surface area contributed by atoms with Crippen LogP contribution in [0.3, 0.4) is 0 Å². The smallest absolute Gasteiger partial charge is 0.0366 e. The van der Waals surface area contributed by atoms with Gasteiger partial charge in [-0.05, 0) is 17.5 Å². The zero-order chi connectivity index (χ0) is 14.0. The Bertz CT molecular complexity index is 427. The molecule has 0 fully saturated rings. The van der Waals surface area contributed by atoms with Crippen LogP contribution in [0.15, 0.2) is 60.7 Å². The Morgan fingerprint density at radius 3 is 1.60 bits per heavy atom. The van der Waals surface area contributed by atoms with Gasteiger partial charge in [0.05, 0.1) is 0 Å². The van der Waals surface area contributed by atoms with E-state index in [1.807, 2.05) is 12.1 Å². The molecule has 2 N–H and O–H groups in total. The van der Waals surface area contributed by atoms with Crippen LogP contribution in [0.25, 0.3) is 0 Å². The Hall–Kier alpha value is -1.68. The molecule has 0 atom stereocenters. The fourth-order valence-electron chi connectivity index (χ4n) is 2.00. The summed E-state index contributed by atoms with van der Waals surface area (Å²) in [6.45, 7) is 4.83. The van der Waals surface area contributed by atoms with Crippen molar-refractivity contribution in [1.29, 1.82) is 0 Å². The van der Waals surface area contributed by atoms with Crippen molar-refractivity contribution in [2.24, 2.45) is 0 Å². The molecule has 0 aliphatic rings. The number of benzene rings is 2. The highest BCUT2D eigenvalue weighted by molar-refractivity contribution is 5.15. The van der Waals surface area contributed by atoms with Crippen molar-refractivity contribution in [3.05, 3.63) is 71.8 Å². The van der Waals surface area contributed by atoms with Gasteiger partial charge in [0.1, 0.15) is 0 Å². The van der Waals surface area contributed by atoms with Gasteiger partial charge in [-0.25, -0.2) is 10.9 Å². The van der Waals surface area contributed by atoms with Gasteiger partial charge in [-0.3, -0.25) is 0 Å². The summed E-state index contributed by atoms with van der Waals surface area (Å²) < 4.78 is 0. The van der Waals surface area contributed by atoms with Crippen LogP contribution in [-0.2, 0) is 13.1 Å². The van der Waals surface area contributed by atoms with E-state index in [2.05, 4.69) is 71.4 Å². The normalized spacial score (nSPS) is 10.9. The van der Waals surface area contributed by atoms with Crippen molar-refractivity contribution in [3.8, 4) is 0 Å². The molecule has 2 aromatic carbocycles. The lowest BCUT2D eigenvalue weighted by Crippen LogP contribution is -2.47. The van der Waals surface area contributed by atoms with Crippen molar-refractivity contribution >= 4 is 0 Å². The highest BCUT2D eigenvalue weighted by Gasteiger charge is 2.02. The van der Waals surface area contributed by atoms with Crippen LogP contribution in [0.1, 0.15) is 24.5 Å². The topological polar surface area (TPSA) is 27.3 Å². The van der Waals surface area contributed by atoms with E-state index in [9.17, 15) is 0 Å². The zero-order valence-corrected chi connectivity index (χ0v) is 12.0. The molecule has 2 rings (SSSR count). The maximum atomic E-state index is 3.43. The average Bonchev–Trinajstić information content (AvgIpc) is 2.52. The highest BCUT2D eigenvalue weighted by atomic mass is 15.7. The molecule has 0 unspecified atom stereocenters. The minimum absolute atomic E-state index is 0.836. The molecule has 106 valence electrons. The average molecular weight is 269 g/mol. The quantitative estimate of drug-likeness (QED) is 0.721. The van der Waals surface area contributed by atoms with Gasteiger partial charge in [0.2, 0.25) is 0 Å². The molecule has 0 saturated heterocycles. The minimum atomic E-state index is 0.836. The molecule has 0 amide bonds. The summed E-state index contributed by atoms with van der Waals surface area (Å²) in [4.78, 5) is 0. The first kappa shape index (κ1) is 14.7. The van der Waals surface area contributed by atoms with Gasteiger partial charge in [0.15, 0.2) is 0 Å². The number of hydrogen-bond acceptors (Lipinski definition) is 3. The molecule has 0 bridgehead atoms. The number of hydrogen-bond donors (Lipinski definition) is 2. The summed E-state index contributed by atoms with van der Waals surface area (Å²) >= 11 is 0. The van der Waals surface area contributed by atoms with Gasteiger partial charge in [-0.2, -0.15) is 5.12 Å². The maximum Gasteiger partial charge on any atom is 0.0366 e. The van der Waals surface area contributed by atoms with Crippen LogP contribution in [0, 0.1) is 0 Å². The van der Waals surface area contributed by atoms with Gasteiger partial charge in [0, 0.05) is 19.6 Å². The standard InChI is InChI=1S/C17H23N3/c1-2-13-20(18-14-16-9-5-3-6-10-16)19-15-17-11-7-4-8-12-17/h3-12,18-19H,2,13-15H2,1H3. The Balaban J connectivity index is 1.81. The first-order valence-corrected chi connectivity index (χ1v) is 7.21. The molecule has 0 radical (unpaired) electrons. The second-order valence-electron chi connectivity index (χ2n) is 4.79. The molecule has 2 aromatic rings. The molecule has 3 heteroatoms. The van der Waals surface area contributed by atoms with E-state index >= 15 is 0 Å². The largest absolute Gasteiger partial charge is 0.237 e. The van der Waals surface area contributed by atoms with Gasteiger partial charge in [-0.1, -0.05) is 67.6 Å². The summed E-state index contributed by atoms with van der Waals surface area (Å²) in [6, 6.07) is 20.9.